The predicted molar refractivity (Wildman–Crippen MR) is 177 cm³/mol. The molecule has 0 saturated heterocycles. The lowest BCUT2D eigenvalue weighted by Crippen LogP contribution is -2.26. The minimum Gasteiger partial charge on any atom is -0.494 e. The molecule has 9 heteroatoms. The number of ether oxygens (including phenoxy) is 4. The molecule has 0 aliphatic rings. The third kappa shape index (κ3) is 13.2. The van der Waals surface area contributed by atoms with E-state index in [1.165, 1.54) is 63.3 Å². The molecule has 0 bridgehead atoms. The van der Waals surface area contributed by atoms with E-state index in [9.17, 15) is 14.4 Å². The highest BCUT2D eigenvalue weighted by molar-refractivity contribution is 5.93. The molecule has 0 fully saturated rings. The first-order chi connectivity index (χ1) is 22.4. The normalized spacial score (nSPS) is 11.6. The van der Waals surface area contributed by atoms with Crippen molar-refractivity contribution < 1.29 is 33.3 Å². The van der Waals surface area contributed by atoms with Gasteiger partial charge < -0.3 is 18.9 Å². The highest BCUT2D eigenvalue weighted by atomic mass is 16.6. The van der Waals surface area contributed by atoms with Crippen LogP contribution in [0, 0.1) is 0 Å². The molecule has 0 N–H and O–H groups in total. The summed E-state index contributed by atoms with van der Waals surface area (Å²) < 4.78 is 21.6. The molecule has 0 saturated carbocycles. The van der Waals surface area contributed by atoms with Crippen molar-refractivity contribution in [2.45, 2.75) is 91.1 Å². The second kappa shape index (κ2) is 20.5. The first-order valence-electron chi connectivity index (χ1n) is 16.3. The van der Waals surface area contributed by atoms with E-state index in [0.29, 0.717) is 30.2 Å². The van der Waals surface area contributed by atoms with E-state index in [1.54, 1.807) is 24.3 Å². The first kappa shape index (κ1) is 35.9. The van der Waals surface area contributed by atoms with Crippen molar-refractivity contribution >= 4 is 29.3 Å². The van der Waals surface area contributed by atoms with Gasteiger partial charge in [-0.25, -0.2) is 14.4 Å². The topological polar surface area (TPSA) is 113 Å². The third-order valence-electron chi connectivity index (χ3n) is 7.15. The Morgan fingerprint density at radius 1 is 0.587 bits per heavy atom. The van der Waals surface area contributed by atoms with Gasteiger partial charge in [0, 0.05) is 0 Å². The molecular formula is C37H46N2O7. The van der Waals surface area contributed by atoms with Crippen LogP contribution in [0.25, 0.3) is 0 Å². The van der Waals surface area contributed by atoms with Gasteiger partial charge in [-0.05, 0) is 92.6 Å². The van der Waals surface area contributed by atoms with E-state index in [2.05, 4.69) is 24.1 Å². The molecule has 0 aromatic heterocycles. The minimum atomic E-state index is -1.03. The molecule has 0 spiro atoms. The van der Waals surface area contributed by atoms with Gasteiger partial charge in [0.05, 0.1) is 35.7 Å². The molecule has 3 aromatic carbocycles. The van der Waals surface area contributed by atoms with Crippen LogP contribution >= 0.6 is 0 Å². The predicted octanol–water partition coefficient (Wildman–Crippen LogP) is 9.73. The molecule has 246 valence electrons. The number of hydrogen-bond acceptors (Lipinski definition) is 9. The molecule has 0 radical (unpaired) electrons. The highest BCUT2D eigenvalue weighted by Gasteiger charge is 2.20. The van der Waals surface area contributed by atoms with Crippen LogP contribution in [0.4, 0.5) is 11.4 Å². The lowest BCUT2D eigenvalue weighted by molar-refractivity contribution is -0.153. The maximum atomic E-state index is 12.6. The Morgan fingerprint density at radius 3 is 1.70 bits per heavy atom. The Balaban J connectivity index is 1.41. The summed E-state index contributed by atoms with van der Waals surface area (Å²) in [5.74, 6) is -0.758. The summed E-state index contributed by atoms with van der Waals surface area (Å²) in [7, 11) is 0. The van der Waals surface area contributed by atoms with E-state index in [-0.39, 0.29) is 11.3 Å². The fourth-order valence-corrected chi connectivity index (χ4v) is 4.38. The number of azo groups is 1. The lowest BCUT2D eigenvalue weighted by Gasteiger charge is -2.13. The monoisotopic (exact) mass is 630 g/mol. The largest absolute Gasteiger partial charge is 0.494 e. The van der Waals surface area contributed by atoms with Crippen LogP contribution in [0.15, 0.2) is 83.0 Å². The zero-order valence-corrected chi connectivity index (χ0v) is 27.2. The van der Waals surface area contributed by atoms with E-state index < -0.39 is 24.0 Å². The molecule has 0 heterocycles. The summed E-state index contributed by atoms with van der Waals surface area (Å²) in [6, 6.07) is 19.9. The van der Waals surface area contributed by atoms with Gasteiger partial charge in [-0.3, -0.25) is 0 Å². The minimum absolute atomic E-state index is 0.215. The van der Waals surface area contributed by atoms with Gasteiger partial charge in [0.15, 0.2) is 6.10 Å². The maximum absolute atomic E-state index is 12.6. The number of unbranched alkanes of at least 4 members (excludes halogenated alkanes) is 8. The van der Waals surface area contributed by atoms with Gasteiger partial charge in [0.1, 0.15) is 11.5 Å². The second-order valence-corrected chi connectivity index (χ2v) is 11.0. The summed E-state index contributed by atoms with van der Waals surface area (Å²) in [5, 5.41) is 8.50. The van der Waals surface area contributed by atoms with Crippen molar-refractivity contribution in [1.82, 2.24) is 0 Å². The van der Waals surface area contributed by atoms with Crippen molar-refractivity contribution in [1.29, 1.82) is 0 Å². The molecule has 3 aromatic rings. The highest BCUT2D eigenvalue weighted by Crippen LogP contribution is 2.23. The Hall–Kier alpha value is -4.53. The molecule has 1 atom stereocenters. The maximum Gasteiger partial charge on any atom is 0.347 e. The van der Waals surface area contributed by atoms with Crippen molar-refractivity contribution in [2.75, 3.05) is 13.2 Å². The average molecular weight is 631 g/mol. The SMILES string of the molecule is CCCCCCCCOc1ccc(N=Nc2ccc(C(=O)Oc3ccc(C(=O)OC(C)C(=O)OCCCCCC)cc3)cc2)cc1. The lowest BCUT2D eigenvalue weighted by atomic mass is 10.1. The van der Waals surface area contributed by atoms with Crippen molar-refractivity contribution in [3.05, 3.63) is 83.9 Å². The number of carbonyl (C=O) groups is 3. The van der Waals surface area contributed by atoms with Gasteiger partial charge >= 0.3 is 17.9 Å². The van der Waals surface area contributed by atoms with Gasteiger partial charge in [0.2, 0.25) is 0 Å². The number of nitrogens with zero attached hydrogens (tertiary/aromatic N) is 2. The summed E-state index contributed by atoms with van der Waals surface area (Å²) in [4.78, 5) is 37.2. The van der Waals surface area contributed by atoms with Gasteiger partial charge in [-0.2, -0.15) is 10.2 Å². The van der Waals surface area contributed by atoms with Gasteiger partial charge in [-0.1, -0.05) is 65.2 Å². The number of esters is 3. The Kier molecular flexibility index (Phi) is 16.0. The number of benzene rings is 3. The van der Waals surface area contributed by atoms with Crippen LogP contribution in [-0.4, -0.2) is 37.2 Å². The molecule has 0 aliphatic heterocycles. The number of hydrogen-bond donors (Lipinski definition) is 0. The quantitative estimate of drug-likeness (QED) is 0.0528. The van der Waals surface area contributed by atoms with Crippen LogP contribution in [-0.2, 0) is 14.3 Å². The molecule has 9 nitrogen and oxygen atoms in total. The van der Waals surface area contributed by atoms with Crippen molar-refractivity contribution in [2.24, 2.45) is 10.2 Å². The first-order valence-corrected chi connectivity index (χ1v) is 16.3. The number of rotatable bonds is 20. The second-order valence-electron chi connectivity index (χ2n) is 11.0. The summed E-state index contributed by atoms with van der Waals surface area (Å²) >= 11 is 0. The van der Waals surface area contributed by atoms with Crippen LogP contribution in [0.1, 0.15) is 106 Å². The summed E-state index contributed by atoms with van der Waals surface area (Å²) in [6.45, 7) is 6.81. The summed E-state index contributed by atoms with van der Waals surface area (Å²) in [6.07, 6.45) is 10.2. The fraction of sp³-hybridized carbons (Fsp3) is 0.432. The van der Waals surface area contributed by atoms with Gasteiger partial charge in [0.25, 0.3) is 0 Å². The van der Waals surface area contributed by atoms with Crippen LogP contribution in [0.5, 0.6) is 11.5 Å². The third-order valence-corrected chi connectivity index (χ3v) is 7.15. The molecular weight excluding hydrogens is 584 g/mol. The van der Waals surface area contributed by atoms with E-state index >= 15 is 0 Å². The van der Waals surface area contributed by atoms with Crippen LogP contribution in [0.3, 0.4) is 0 Å². The molecule has 1 unspecified atom stereocenters. The van der Waals surface area contributed by atoms with Crippen LogP contribution < -0.4 is 9.47 Å². The Labute approximate surface area is 272 Å². The Morgan fingerprint density at radius 2 is 1.07 bits per heavy atom. The summed E-state index contributed by atoms with van der Waals surface area (Å²) in [5.41, 5.74) is 1.82. The standard InChI is InChI=1S/C37H46N2O7/c1-4-6-8-10-11-13-26-43-33-24-20-32(21-25-33)39-38-31-18-14-29(15-19-31)37(42)46-34-22-16-30(17-23-34)36(41)45-28(3)35(40)44-27-12-9-7-5-2/h14-25,28H,4-13,26-27H2,1-3H3. The Bertz CT molecular complexity index is 1370. The smallest absolute Gasteiger partial charge is 0.347 e. The zero-order valence-electron chi connectivity index (χ0n) is 27.2. The fourth-order valence-electron chi connectivity index (χ4n) is 4.38. The molecule has 0 amide bonds. The van der Waals surface area contributed by atoms with Crippen LogP contribution in [0.2, 0.25) is 0 Å². The molecule has 3 rings (SSSR count). The molecule has 0 aliphatic carbocycles. The van der Waals surface area contributed by atoms with Crippen molar-refractivity contribution in [3.63, 3.8) is 0 Å². The zero-order chi connectivity index (χ0) is 33.0. The van der Waals surface area contributed by atoms with E-state index in [0.717, 1.165) is 37.9 Å². The van der Waals surface area contributed by atoms with E-state index in [4.69, 9.17) is 18.9 Å². The average Bonchev–Trinajstić information content (AvgIpc) is 3.07. The number of carbonyl (C=O) groups excluding carboxylic acids is 3. The molecule has 46 heavy (non-hydrogen) atoms. The van der Waals surface area contributed by atoms with E-state index in [1.807, 2.05) is 24.3 Å². The van der Waals surface area contributed by atoms with Gasteiger partial charge in [-0.15, -0.1) is 0 Å². The van der Waals surface area contributed by atoms with Crippen molar-refractivity contribution in [3.8, 4) is 11.5 Å².